The van der Waals surface area contributed by atoms with Crippen LogP contribution >= 0.6 is 0 Å². The first-order valence-electron chi connectivity index (χ1n) is 10.3. The fourth-order valence-electron chi connectivity index (χ4n) is 3.47. The van der Waals surface area contributed by atoms with Gasteiger partial charge in [0.05, 0.1) is 7.05 Å². The number of nitrogens with one attached hydrogen (secondary N) is 1. The van der Waals surface area contributed by atoms with Crippen molar-refractivity contribution in [3.63, 3.8) is 0 Å². The lowest BCUT2D eigenvalue weighted by Crippen LogP contribution is -2.24. The molecule has 1 aliphatic heterocycles. The number of halogens is 3. The van der Waals surface area contributed by atoms with E-state index in [1.165, 1.54) is 15.9 Å². The number of carboxylic acids is 1. The van der Waals surface area contributed by atoms with Crippen LogP contribution in [0.25, 0.3) is 34.2 Å². The molecule has 0 radical (unpaired) electrons. The van der Waals surface area contributed by atoms with E-state index in [9.17, 15) is 13.2 Å². The SMILES string of the molecule is Cc1ncc2c(c1-c1noc(-c3ccc(-c4nnn(C)n4)cc3)n1)CCNC2.O=C(O)C(F)(F)F. The van der Waals surface area contributed by atoms with Crippen LogP contribution in [0, 0.1) is 6.92 Å². The number of rotatable bonds is 3. The number of carboxylic acid groups (broad SMARTS) is 1. The maximum Gasteiger partial charge on any atom is 0.490 e. The highest BCUT2D eigenvalue weighted by Crippen LogP contribution is 2.30. The number of benzene rings is 1. The molecule has 0 bridgehead atoms. The predicted molar refractivity (Wildman–Crippen MR) is 115 cm³/mol. The van der Waals surface area contributed by atoms with E-state index in [0.29, 0.717) is 17.5 Å². The lowest BCUT2D eigenvalue weighted by atomic mass is 9.95. The van der Waals surface area contributed by atoms with Gasteiger partial charge in [0, 0.05) is 35.1 Å². The Morgan fingerprint density at radius 3 is 2.49 bits per heavy atom. The first kappa shape index (κ1) is 23.9. The van der Waals surface area contributed by atoms with Gasteiger partial charge in [0.1, 0.15) is 0 Å². The molecule has 1 aromatic carbocycles. The van der Waals surface area contributed by atoms with Gasteiger partial charge in [0.15, 0.2) is 0 Å². The summed E-state index contributed by atoms with van der Waals surface area (Å²) in [5, 5.41) is 26.8. The second-order valence-corrected chi connectivity index (χ2v) is 7.56. The molecule has 3 aromatic heterocycles. The van der Waals surface area contributed by atoms with Crippen LogP contribution in [0.5, 0.6) is 0 Å². The van der Waals surface area contributed by atoms with Crippen molar-refractivity contribution >= 4 is 5.97 Å². The van der Waals surface area contributed by atoms with Crippen molar-refractivity contribution in [1.82, 2.24) is 40.6 Å². The van der Waals surface area contributed by atoms with Crippen LogP contribution in [0.15, 0.2) is 35.0 Å². The van der Waals surface area contributed by atoms with Crippen molar-refractivity contribution < 1.29 is 27.6 Å². The highest BCUT2D eigenvalue weighted by atomic mass is 19.4. The van der Waals surface area contributed by atoms with Gasteiger partial charge in [-0.2, -0.15) is 23.0 Å². The zero-order valence-electron chi connectivity index (χ0n) is 18.5. The van der Waals surface area contributed by atoms with Gasteiger partial charge >= 0.3 is 12.1 Å². The Bertz CT molecular complexity index is 1350. The number of aryl methyl sites for hydroxylation is 2. The summed E-state index contributed by atoms with van der Waals surface area (Å²) in [7, 11) is 1.74. The third kappa shape index (κ3) is 5.32. The zero-order chi connectivity index (χ0) is 25.2. The van der Waals surface area contributed by atoms with E-state index >= 15 is 0 Å². The lowest BCUT2D eigenvalue weighted by Gasteiger charge is -2.19. The summed E-state index contributed by atoms with van der Waals surface area (Å²) in [6.45, 7) is 3.74. The van der Waals surface area contributed by atoms with Gasteiger partial charge in [-0.3, -0.25) is 4.98 Å². The second-order valence-electron chi connectivity index (χ2n) is 7.56. The highest BCUT2D eigenvalue weighted by molar-refractivity contribution is 5.73. The minimum atomic E-state index is -5.08. The summed E-state index contributed by atoms with van der Waals surface area (Å²) in [5.74, 6) is -1.13. The van der Waals surface area contributed by atoms with E-state index in [-0.39, 0.29) is 0 Å². The van der Waals surface area contributed by atoms with E-state index in [4.69, 9.17) is 14.4 Å². The molecule has 2 N–H and O–H groups in total. The first-order valence-corrected chi connectivity index (χ1v) is 10.3. The molecule has 14 heteroatoms. The number of fused-ring (bicyclic) bond motifs is 1. The van der Waals surface area contributed by atoms with Crippen LogP contribution in [0.3, 0.4) is 0 Å². The van der Waals surface area contributed by atoms with Gasteiger partial charge in [0.25, 0.3) is 5.89 Å². The fraction of sp³-hybridized carbons (Fsp3) is 0.286. The number of carbonyl (C=O) groups is 1. The largest absolute Gasteiger partial charge is 0.490 e. The number of hydrogen-bond donors (Lipinski definition) is 2. The molecule has 0 atom stereocenters. The van der Waals surface area contributed by atoms with Gasteiger partial charge in [-0.1, -0.05) is 17.3 Å². The normalized spacial score (nSPS) is 13.1. The molecule has 0 saturated heterocycles. The summed E-state index contributed by atoms with van der Waals surface area (Å²) in [4.78, 5) is 19.5. The summed E-state index contributed by atoms with van der Waals surface area (Å²) >= 11 is 0. The van der Waals surface area contributed by atoms with Crippen molar-refractivity contribution in [2.45, 2.75) is 26.1 Å². The number of pyridine rings is 1. The van der Waals surface area contributed by atoms with Gasteiger partial charge in [-0.15, -0.1) is 10.2 Å². The molecule has 11 nitrogen and oxygen atoms in total. The predicted octanol–water partition coefficient (Wildman–Crippen LogP) is 2.58. The lowest BCUT2D eigenvalue weighted by molar-refractivity contribution is -0.192. The second kappa shape index (κ2) is 9.58. The minimum absolute atomic E-state index is 0.472. The molecular formula is C21H19F3N8O3. The fourth-order valence-corrected chi connectivity index (χ4v) is 3.47. The molecular weight excluding hydrogens is 469 g/mol. The minimum Gasteiger partial charge on any atom is -0.475 e. The van der Waals surface area contributed by atoms with E-state index < -0.39 is 12.1 Å². The first-order chi connectivity index (χ1) is 16.6. The molecule has 1 aliphatic rings. The van der Waals surface area contributed by atoms with Crippen LogP contribution in [-0.4, -0.2) is 59.1 Å². The molecule has 182 valence electrons. The molecule has 4 heterocycles. The van der Waals surface area contributed by atoms with E-state index in [0.717, 1.165) is 41.9 Å². The Hall–Kier alpha value is -4.20. The van der Waals surface area contributed by atoms with Gasteiger partial charge < -0.3 is 14.9 Å². The van der Waals surface area contributed by atoms with Crippen molar-refractivity contribution in [3.05, 3.63) is 47.3 Å². The topological polar surface area (TPSA) is 145 Å². The van der Waals surface area contributed by atoms with Gasteiger partial charge in [0.2, 0.25) is 11.6 Å². The van der Waals surface area contributed by atoms with E-state index in [1.54, 1.807) is 7.05 Å². The Morgan fingerprint density at radius 1 is 1.17 bits per heavy atom. The number of aliphatic carboxylic acids is 1. The van der Waals surface area contributed by atoms with Crippen LogP contribution in [0.4, 0.5) is 13.2 Å². The average molecular weight is 488 g/mol. The quantitative estimate of drug-likeness (QED) is 0.441. The van der Waals surface area contributed by atoms with Crippen molar-refractivity contribution in [2.75, 3.05) is 6.54 Å². The molecule has 0 unspecified atom stereocenters. The molecule has 5 rings (SSSR count). The van der Waals surface area contributed by atoms with Crippen molar-refractivity contribution in [2.24, 2.45) is 7.05 Å². The number of alkyl halides is 3. The van der Waals surface area contributed by atoms with Crippen LogP contribution < -0.4 is 5.32 Å². The number of hydrogen-bond acceptors (Lipinski definition) is 9. The third-order valence-corrected chi connectivity index (χ3v) is 5.12. The number of nitrogens with zero attached hydrogens (tertiary/aromatic N) is 7. The molecule has 0 fully saturated rings. The average Bonchev–Trinajstić information content (AvgIpc) is 3.48. The zero-order valence-corrected chi connectivity index (χ0v) is 18.5. The standard InChI is InChI=1S/C19H18N8O.C2HF3O2/c1-11-16(15-7-8-20-9-14(15)10-21-11)18-22-19(28-25-18)13-5-3-12(4-6-13)17-23-26-27(2)24-17;3-2(4,5)1(6)7/h3-6,10,20H,7-9H2,1-2H3;(H,6,7). The maximum atomic E-state index is 10.6. The molecule has 0 saturated carbocycles. The Kier molecular flexibility index (Phi) is 6.55. The molecule has 0 amide bonds. The molecule has 4 aromatic rings. The molecule has 35 heavy (non-hydrogen) atoms. The Morgan fingerprint density at radius 2 is 1.86 bits per heavy atom. The van der Waals surface area contributed by atoms with Crippen molar-refractivity contribution in [1.29, 1.82) is 0 Å². The Balaban J connectivity index is 0.000000364. The third-order valence-electron chi connectivity index (χ3n) is 5.12. The summed E-state index contributed by atoms with van der Waals surface area (Å²) in [6, 6.07) is 7.66. The highest BCUT2D eigenvalue weighted by Gasteiger charge is 2.38. The monoisotopic (exact) mass is 488 g/mol. The Labute approximate surface area is 196 Å². The van der Waals surface area contributed by atoms with E-state index in [1.807, 2.05) is 37.4 Å². The smallest absolute Gasteiger partial charge is 0.475 e. The van der Waals surface area contributed by atoms with Gasteiger partial charge in [-0.25, -0.2) is 4.79 Å². The molecule has 0 spiro atoms. The maximum absolute atomic E-state index is 10.6. The summed E-state index contributed by atoms with van der Waals surface area (Å²) in [6.07, 6.45) is -2.22. The van der Waals surface area contributed by atoms with Crippen molar-refractivity contribution in [3.8, 4) is 34.2 Å². The number of tetrazole rings is 1. The van der Waals surface area contributed by atoms with Crippen LogP contribution in [0.2, 0.25) is 0 Å². The van der Waals surface area contributed by atoms with E-state index in [2.05, 4.69) is 35.9 Å². The van der Waals surface area contributed by atoms with Crippen LogP contribution in [0.1, 0.15) is 16.8 Å². The van der Waals surface area contributed by atoms with Gasteiger partial charge in [-0.05, 0) is 48.4 Å². The number of aromatic nitrogens is 7. The molecule has 0 aliphatic carbocycles. The summed E-state index contributed by atoms with van der Waals surface area (Å²) in [5.41, 5.74) is 6.05. The summed E-state index contributed by atoms with van der Waals surface area (Å²) < 4.78 is 37.3. The van der Waals surface area contributed by atoms with Crippen LogP contribution in [-0.2, 0) is 24.8 Å².